The van der Waals surface area contributed by atoms with Crippen molar-refractivity contribution in [1.29, 1.82) is 0 Å². The molecule has 1 unspecified atom stereocenters. The number of sulfone groups is 1. The number of amides is 1. The first-order valence-electron chi connectivity index (χ1n) is 8.77. The molecular weight excluding hydrogens is 378 g/mol. The van der Waals surface area contributed by atoms with Gasteiger partial charge in [-0.3, -0.25) is 4.79 Å². The maximum atomic E-state index is 12.0. The van der Waals surface area contributed by atoms with Gasteiger partial charge in [0.2, 0.25) is 0 Å². The number of fused-ring (bicyclic) bond motifs is 1. The van der Waals surface area contributed by atoms with Crippen molar-refractivity contribution in [3.8, 4) is 16.9 Å². The summed E-state index contributed by atoms with van der Waals surface area (Å²) in [6.45, 7) is 0.374. The van der Waals surface area contributed by atoms with E-state index in [4.69, 9.17) is 4.74 Å². The zero-order chi connectivity index (χ0) is 19.7. The number of aromatic amines is 1. The first-order chi connectivity index (χ1) is 13.4. The highest BCUT2D eigenvalue weighted by atomic mass is 32.2. The Kier molecular flexibility index (Phi) is 4.64. The monoisotopic (exact) mass is 397 g/mol. The highest BCUT2D eigenvalue weighted by Gasteiger charge is 2.26. The number of nitrogens with one attached hydrogen (secondary N) is 2. The minimum absolute atomic E-state index is 0.168. The molecule has 1 aliphatic rings. The van der Waals surface area contributed by atoms with Crippen LogP contribution in [0.15, 0.2) is 59.9 Å². The summed E-state index contributed by atoms with van der Waals surface area (Å²) in [4.78, 5) is 18.9. The van der Waals surface area contributed by atoms with E-state index in [1.807, 2.05) is 18.2 Å². The Bertz CT molecular complexity index is 1110. The van der Waals surface area contributed by atoms with Crippen LogP contribution in [0.2, 0.25) is 0 Å². The van der Waals surface area contributed by atoms with Gasteiger partial charge < -0.3 is 15.0 Å². The molecule has 0 bridgehead atoms. The van der Waals surface area contributed by atoms with Crippen molar-refractivity contribution < 1.29 is 17.9 Å². The Hall–Kier alpha value is -3.13. The summed E-state index contributed by atoms with van der Waals surface area (Å²) in [6, 6.07) is 12.7. The van der Waals surface area contributed by atoms with Gasteiger partial charge in [0.05, 0.1) is 24.0 Å². The Morgan fingerprint density at radius 3 is 2.71 bits per heavy atom. The number of rotatable bonds is 5. The van der Waals surface area contributed by atoms with Crippen molar-refractivity contribution in [2.24, 2.45) is 0 Å². The van der Waals surface area contributed by atoms with Gasteiger partial charge in [0.15, 0.2) is 9.84 Å². The van der Waals surface area contributed by atoms with Crippen molar-refractivity contribution in [1.82, 2.24) is 15.3 Å². The average Bonchev–Trinajstić information content (AvgIpc) is 3.34. The molecule has 4 rings (SSSR count). The summed E-state index contributed by atoms with van der Waals surface area (Å²) in [5, 5.41) is 2.84. The van der Waals surface area contributed by atoms with Gasteiger partial charge in [0.25, 0.3) is 5.91 Å². The lowest BCUT2D eigenvalue weighted by Gasteiger charge is -2.13. The number of para-hydroxylation sites is 1. The molecule has 0 aliphatic carbocycles. The molecule has 1 amide bonds. The summed E-state index contributed by atoms with van der Waals surface area (Å²) in [5.74, 6) is 0.545. The van der Waals surface area contributed by atoms with Gasteiger partial charge in [-0.1, -0.05) is 30.3 Å². The van der Waals surface area contributed by atoms with Gasteiger partial charge in [-0.25, -0.2) is 13.4 Å². The second kappa shape index (κ2) is 7.12. The number of hydrogen-bond donors (Lipinski definition) is 2. The summed E-state index contributed by atoms with van der Waals surface area (Å²) in [5.41, 5.74) is 3.25. The minimum atomic E-state index is -3.23. The van der Waals surface area contributed by atoms with Gasteiger partial charge in [-0.2, -0.15) is 0 Å². The van der Waals surface area contributed by atoms with Gasteiger partial charge in [0, 0.05) is 18.2 Å². The SMILES string of the molecule is CS(=O)(=O)c1ccc(-c2cccc3c2OC(CNC(=O)c2cnc[nH]2)C3)cc1. The van der Waals surface area contributed by atoms with E-state index in [0.29, 0.717) is 18.7 Å². The van der Waals surface area contributed by atoms with Crippen molar-refractivity contribution in [2.45, 2.75) is 17.4 Å². The molecule has 1 aliphatic heterocycles. The van der Waals surface area contributed by atoms with Crippen LogP contribution in [0, 0.1) is 0 Å². The fourth-order valence-corrected chi connectivity index (χ4v) is 3.87. The first kappa shape index (κ1) is 18.2. The largest absolute Gasteiger partial charge is 0.487 e. The Labute approximate surface area is 162 Å². The predicted molar refractivity (Wildman–Crippen MR) is 104 cm³/mol. The van der Waals surface area contributed by atoms with Gasteiger partial charge in [-0.15, -0.1) is 0 Å². The Balaban J connectivity index is 1.50. The van der Waals surface area contributed by atoms with Gasteiger partial charge >= 0.3 is 0 Å². The fourth-order valence-electron chi connectivity index (χ4n) is 3.24. The van der Waals surface area contributed by atoms with E-state index in [1.165, 1.54) is 18.8 Å². The lowest BCUT2D eigenvalue weighted by atomic mass is 10.0. The minimum Gasteiger partial charge on any atom is -0.487 e. The summed E-state index contributed by atoms with van der Waals surface area (Å²) < 4.78 is 29.4. The van der Waals surface area contributed by atoms with E-state index in [9.17, 15) is 13.2 Å². The maximum Gasteiger partial charge on any atom is 0.269 e. The number of carbonyl (C=O) groups excluding carboxylic acids is 1. The van der Waals surface area contributed by atoms with Crippen LogP contribution in [-0.4, -0.2) is 43.2 Å². The molecule has 0 radical (unpaired) electrons. The number of hydrogen-bond acceptors (Lipinski definition) is 5. The van der Waals surface area contributed by atoms with Crippen LogP contribution in [-0.2, 0) is 16.3 Å². The van der Waals surface area contributed by atoms with Crippen LogP contribution in [0.25, 0.3) is 11.1 Å². The Morgan fingerprint density at radius 1 is 1.25 bits per heavy atom. The standard InChI is InChI=1S/C20H19N3O4S/c1-28(25,26)16-7-5-13(6-8-16)17-4-2-3-14-9-15(27-19(14)17)10-22-20(24)18-11-21-12-23-18/h2-8,11-12,15H,9-10H2,1H3,(H,21,23)(H,22,24). The predicted octanol–water partition coefficient (Wildman–Crippen LogP) is 2.21. The summed E-state index contributed by atoms with van der Waals surface area (Å²) in [7, 11) is -3.23. The van der Waals surface area contributed by atoms with Crippen LogP contribution < -0.4 is 10.1 Å². The zero-order valence-electron chi connectivity index (χ0n) is 15.2. The highest BCUT2D eigenvalue weighted by molar-refractivity contribution is 7.90. The first-order valence-corrected chi connectivity index (χ1v) is 10.7. The van der Waals surface area contributed by atoms with Crippen molar-refractivity contribution in [3.05, 3.63) is 66.2 Å². The van der Waals surface area contributed by atoms with E-state index >= 15 is 0 Å². The van der Waals surface area contributed by atoms with Crippen LogP contribution in [0.5, 0.6) is 5.75 Å². The summed E-state index contributed by atoms with van der Waals surface area (Å²) in [6.07, 6.45) is 4.63. The molecule has 3 aromatic rings. The quantitative estimate of drug-likeness (QED) is 0.687. The second-order valence-electron chi connectivity index (χ2n) is 6.71. The van der Waals surface area contributed by atoms with Crippen molar-refractivity contribution in [2.75, 3.05) is 12.8 Å². The summed E-state index contributed by atoms with van der Waals surface area (Å²) >= 11 is 0. The molecule has 2 N–H and O–H groups in total. The molecule has 0 spiro atoms. The highest BCUT2D eigenvalue weighted by Crippen LogP contribution is 2.38. The molecule has 8 heteroatoms. The van der Waals surface area contributed by atoms with Crippen molar-refractivity contribution >= 4 is 15.7 Å². The number of aromatic nitrogens is 2. The number of imidazole rings is 1. The lowest BCUT2D eigenvalue weighted by molar-refractivity contribution is 0.0929. The smallest absolute Gasteiger partial charge is 0.269 e. The van der Waals surface area contributed by atoms with Crippen LogP contribution >= 0.6 is 0 Å². The molecule has 7 nitrogen and oxygen atoms in total. The molecule has 0 fully saturated rings. The third-order valence-electron chi connectivity index (χ3n) is 4.66. The normalized spacial score (nSPS) is 15.7. The van der Waals surface area contributed by atoms with Crippen LogP contribution in [0.1, 0.15) is 16.1 Å². The zero-order valence-corrected chi connectivity index (χ0v) is 16.0. The molecular formula is C20H19N3O4S. The molecule has 0 saturated heterocycles. The molecule has 28 heavy (non-hydrogen) atoms. The third-order valence-corrected chi connectivity index (χ3v) is 5.78. The maximum absolute atomic E-state index is 12.0. The number of H-pyrrole nitrogens is 1. The second-order valence-corrected chi connectivity index (χ2v) is 8.73. The fraction of sp³-hybridized carbons (Fsp3) is 0.200. The number of ether oxygens (including phenoxy) is 1. The molecule has 144 valence electrons. The van der Waals surface area contributed by atoms with Gasteiger partial charge in [-0.05, 0) is 23.3 Å². The molecule has 0 saturated carbocycles. The van der Waals surface area contributed by atoms with E-state index in [-0.39, 0.29) is 16.9 Å². The molecule has 1 atom stereocenters. The number of benzene rings is 2. The number of nitrogens with zero attached hydrogens (tertiary/aromatic N) is 1. The molecule has 2 heterocycles. The average molecular weight is 397 g/mol. The topological polar surface area (TPSA) is 101 Å². The van der Waals surface area contributed by atoms with E-state index in [1.54, 1.807) is 24.3 Å². The molecule has 1 aromatic heterocycles. The lowest BCUT2D eigenvalue weighted by Crippen LogP contribution is -2.34. The Morgan fingerprint density at radius 2 is 2.04 bits per heavy atom. The third kappa shape index (κ3) is 3.63. The molecule has 2 aromatic carbocycles. The van der Waals surface area contributed by atoms with Gasteiger partial charge in [0.1, 0.15) is 17.5 Å². The van der Waals surface area contributed by atoms with E-state index in [2.05, 4.69) is 15.3 Å². The van der Waals surface area contributed by atoms with Crippen molar-refractivity contribution in [3.63, 3.8) is 0 Å². The van der Waals surface area contributed by atoms with Crippen LogP contribution in [0.4, 0.5) is 0 Å². The number of carbonyl (C=O) groups is 1. The van der Waals surface area contributed by atoms with E-state index < -0.39 is 9.84 Å². The van der Waals surface area contributed by atoms with Crippen LogP contribution in [0.3, 0.4) is 0 Å². The van der Waals surface area contributed by atoms with E-state index in [0.717, 1.165) is 22.4 Å².